The lowest BCUT2D eigenvalue weighted by molar-refractivity contribution is -0.137. The van der Waals surface area contributed by atoms with Gasteiger partial charge in [-0.3, -0.25) is 0 Å². The average molecular weight is 335 g/mol. The number of pyridine rings is 1. The van der Waals surface area contributed by atoms with Crippen molar-refractivity contribution in [1.29, 1.82) is 0 Å². The van der Waals surface area contributed by atoms with Gasteiger partial charge in [0.2, 0.25) is 0 Å². The van der Waals surface area contributed by atoms with Gasteiger partial charge in [0.1, 0.15) is 5.82 Å². The Morgan fingerprint density at radius 3 is 2.37 bits per heavy atom. The quantitative estimate of drug-likeness (QED) is 0.870. The number of nitrogens with zero attached hydrogens (tertiary/aromatic N) is 3. The van der Waals surface area contributed by atoms with Gasteiger partial charge in [-0.1, -0.05) is 0 Å². The molecule has 2 rings (SSSR count). The van der Waals surface area contributed by atoms with Gasteiger partial charge in [-0.05, 0) is 41.9 Å². The summed E-state index contributed by atoms with van der Waals surface area (Å²) in [5, 5.41) is 4.13. The van der Waals surface area contributed by atoms with Crippen LogP contribution in [0, 0.1) is 13.8 Å². The Labute approximate surface area is 115 Å². The van der Waals surface area contributed by atoms with Crippen LogP contribution in [0.3, 0.4) is 0 Å². The Balaban J connectivity index is 2.63. The Morgan fingerprint density at radius 2 is 1.89 bits per heavy atom. The Bertz CT molecular complexity index is 634. The van der Waals surface area contributed by atoms with Crippen LogP contribution in [0.2, 0.25) is 0 Å². The van der Waals surface area contributed by atoms with Crippen molar-refractivity contribution < 1.29 is 13.2 Å². The number of anilines is 1. The van der Waals surface area contributed by atoms with E-state index in [4.69, 9.17) is 5.73 Å². The van der Waals surface area contributed by atoms with E-state index in [1.807, 2.05) is 0 Å². The first-order chi connectivity index (χ1) is 8.70. The molecular weight excluding hydrogens is 325 g/mol. The average Bonchev–Trinajstić information content (AvgIpc) is 2.55. The molecule has 0 amide bonds. The van der Waals surface area contributed by atoms with Gasteiger partial charge < -0.3 is 5.73 Å². The second-order valence-electron chi connectivity index (χ2n) is 4.03. The van der Waals surface area contributed by atoms with Crippen LogP contribution in [0.15, 0.2) is 16.6 Å². The number of alkyl halides is 3. The van der Waals surface area contributed by atoms with E-state index in [1.165, 1.54) is 4.68 Å². The van der Waals surface area contributed by atoms with Gasteiger partial charge in [-0.2, -0.15) is 18.3 Å². The molecule has 0 atom stereocenters. The van der Waals surface area contributed by atoms with Gasteiger partial charge in [0.15, 0.2) is 5.82 Å². The van der Waals surface area contributed by atoms with Crippen LogP contribution in [0.25, 0.3) is 5.82 Å². The SMILES string of the molecule is Cc1nn(-c2cc(C(F)(F)F)cc(N)n2)c(C)c1Br. The molecule has 2 N–H and O–H groups in total. The molecule has 0 saturated carbocycles. The van der Waals surface area contributed by atoms with Crippen molar-refractivity contribution in [3.05, 3.63) is 33.6 Å². The molecule has 0 aromatic carbocycles. The molecular formula is C11H10BrF3N4. The van der Waals surface area contributed by atoms with E-state index in [1.54, 1.807) is 13.8 Å². The monoisotopic (exact) mass is 334 g/mol. The summed E-state index contributed by atoms with van der Waals surface area (Å²) in [7, 11) is 0. The number of hydrogen-bond acceptors (Lipinski definition) is 3. The number of hydrogen-bond donors (Lipinski definition) is 1. The highest BCUT2D eigenvalue weighted by atomic mass is 79.9. The largest absolute Gasteiger partial charge is 0.416 e. The third kappa shape index (κ3) is 2.58. The van der Waals surface area contributed by atoms with Gasteiger partial charge >= 0.3 is 6.18 Å². The molecule has 0 bridgehead atoms. The number of nitrogens with two attached hydrogens (primary N) is 1. The van der Waals surface area contributed by atoms with Gasteiger partial charge in [0.25, 0.3) is 0 Å². The van der Waals surface area contributed by atoms with Crippen molar-refractivity contribution in [1.82, 2.24) is 14.8 Å². The molecule has 0 aliphatic carbocycles. The molecule has 0 aliphatic rings. The first kappa shape index (κ1) is 13.9. The van der Waals surface area contributed by atoms with Crippen molar-refractivity contribution in [2.75, 3.05) is 5.73 Å². The fourth-order valence-electron chi connectivity index (χ4n) is 1.66. The summed E-state index contributed by atoms with van der Waals surface area (Å²) in [6.45, 7) is 3.47. The van der Waals surface area contributed by atoms with E-state index in [2.05, 4.69) is 26.0 Å². The third-order valence-electron chi connectivity index (χ3n) is 2.58. The molecule has 0 unspecified atom stereocenters. The zero-order valence-electron chi connectivity index (χ0n) is 10.1. The number of halogens is 4. The second kappa shape index (κ2) is 4.52. The minimum absolute atomic E-state index is 0.0404. The highest BCUT2D eigenvalue weighted by Gasteiger charge is 2.32. The predicted molar refractivity (Wildman–Crippen MR) is 67.9 cm³/mol. The molecule has 2 aromatic rings. The number of aryl methyl sites for hydroxylation is 1. The molecule has 2 aromatic heterocycles. The van der Waals surface area contributed by atoms with Crippen molar-refractivity contribution in [3.8, 4) is 5.82 Å². The first-order valence-corrected chi connectivity index (χ1v) is 6.06. The Kier molecular flexibility index (Phi) is 3.29. The zero-order chi connectivity index (χ0) is 14.4. The third-order valence-corrected chi connectivity index (χ3v) is 3.73. The maximum atomic E-state index is 12.7. The molecule has 8 heteroatoms. The predicted octanol–water partition coefficient (Wildman–Crippen LogP) is 3.25. The Hall–Kier alpha value is -1.57. The van der Waals surface area contributed by atoms with Crippen LogP contribution >= 0.6 is 15.9 Å². The van der Waals surface area contributed by atoms with Gasteiger partial charge in [-0.15, -0.1) is 0 Å². The van der Waals surface area contributed by atoms with Crippen LogP contribution in [0.1, 0.15) is 17.0 Å². The molecule has 0 aliphatic heterocycles. The lowest BCUT2D eigenvalue weighted by Crippen LogP contribution is -2.11. The number of aromatic nitrogens is 3. The van der Waals surface area contributed by atoms with Gasteiger partial charge in [-0.25, -0.2) is 9.67 Å². The van der Waals surface area contributed by atoms with Gasteiger partial charge in [0, 0.05) is 0 Å². The van der Waals surface area contributed by atoms with E-state index >= 15 is 0 Å². The zero-order valence-corrected chi connectivity index (χ0v) is 11.7. The van der Waals surface area contributed by atoms with Crippen molar-refractivity contribution >= 4 is 21.7 Å². The molecule has 19 heavy (non-hydrogen) atoms. The minimum Gasteiger partial charge on any atom is -0.384 e. The molecule has 0 saturated heterocycles. The lowest BCUT2D eigenvalue weighted by atomic mass is 10.2. The summed E-state index contributed by atoms with van der Waals surface area (Å²) in [6.07, 6.45) is -4.47. The summed E-state index contributed by atoms with van der Waals surface area (Å²) < 4.78 is 40.2. The molecule has 102 valence electrons. The molecule has 4 nitrogen and oxygen atoms in total. The van der Waals surface area contributed by atoms with Crippen LogP contribution in [0.5, 0.6) is 0 Å². The second-order valence-corrected chi connectivity index (χ2v) is 4.83. The molecule has 0 radical (unpaired) electrons. The summed E-state index contributed by atoms with van der Waals surface area (Å²) >= 11 is 3.31. The highest BCUT2D eigenvalue weighted by Crippen LogP contribution is 2.32. The fraction of sp³-hybridized carbons (Fsp3) is 0.273. The highest BCUT2D eigenvalue weighted by molar-refractivity contribution is 9.10. The molecule has 2 heterocycles. The van der Waals surface area contributed by atoms with Crippen molar-refractivity contribution in [2.45, 2.75) is 20.0 Å². The summed E-state index contributed by atoms with van der Waals surface area (Å²) in [5.41, 5.74) is 5.89. The van der Waals surface area contributed by atoms with Crippen molar-refractivity contribution in [3.63, 3.8) is 0 Å². The van der Waals surface area contributed by atoms with Gasteiger partial charge in [0.05, 0.1) is 21.4 Å². The molecule has 0 spiro atoms. The Morgan fingerprint density at radius 1 is 1.26 bits per heavy atom. The maximum absolute atomic E-state index is 12.7. The summed E-state index contributed by atoms with van der Waals surface area (Å²) in [6, 6.07) is 1.71. The maximum Gasteiger partial charge on any atom is 0.416 e. The topological polar surface area (TPSA) is 56.7 Å². The lowest BCUT2D eigenvalue weighted by Gasteiger charge is -2.10. The standard InChI is InChI=1S/C11H10BrF3N4/c1-5-10(12)6(2)19(18-5)9-4-7(11(13,14)15)3-8(16)17-9/h3-4H,1-2H3,(H2,16,17). The van der Waals surface area contributed by atoms with E-state index < -0.39 is 11.7 Å². The first-order valence-electron chi connectivity index (χ1n) is 5.27. The van der Waals surface area contributed by atoms with Crippen LogP contribution in [-0.4, -0.2) is 14.8 Å². The van der Waals surface area contributed by atoms with Crippen LogP contribution in [-0.2, 0) is 6.18 Å². The smallest absolute Gasteiger partial charge is 0.384 e. The van der Waals surface area contributed by atoms with E-state index in [0.717, 1.165) is 16.6 Å². The minimum atomic E-state index is -4.47. The summed E-state index contributed by atoms with van der Waals surface area (Å²) in [4.78, 5) is 3.89. The van der Waals surface area contributed by atoms with Crippen LogP contribution in [0.4, 0.5) is 19.0 Å². The van der Waals surface area contributed by atoms with E-state index in [-0.39, 0.29) is 11.6 Å². The van der Waals surface area contributed by atoms with Crippen molar-refractivity contribution in [2.24, 2.45) is 0 Å². The summed E-state index contributed by atoms with van der Waals surface area (Å²) in [5.74, 6) is -0.160. The normalized spacial score (nSPS) is 11.9. The number of nitrogen functional groups attached to an aromatic ring is 1. The van der Waals surface area contributed by atoms with E-state index in [9.17, 15) is 13.2 Å². The molecule has 0 fully saturated rings. The van der Waals surface area contributed by atoms with Crippen LogP contribution < -0.4 is 5.73 Å². The fourth-order valence-corrected chi connectivity index (χ4v) is 1.90. The van der Waals surface area contributed by atoms with E-state index in [0.29, 0.717) is 11.4 Å². The number of rotatable bonds is 1.